The van der Waals surface area contributed by atoms with Gasteiger partial charge in [-0.15, -0.1) is 0 Å². The molecule has 8 nitrogen and oxygen atoms in total. The molecule has 0 fully saturated rings. The summed E-state index contributed by atoms with van der Waals surface area (Å²) in [5, 5.41) is 4.37. The van der Waals surface area contributed by atoms with Gasteiger partial charge in [-0.25, -0.2) is 16.8 Å². The molecule has 0 aromatic heterocycles. The summed E-state index contributed by atoms with van der Waals surface area (Å²) >= 11 is 0. The first-order chi connectivity index (χ1) is 17.8. The number of fused-ring (bicyclic) bond motifs is 1. The Bertz CT molecular complexity index is 1690. The fraction of sp³-hybridized carbons (Fsp3) is 0.179. The molecule has 4 aromatic rings. The smallest absolute Gasteiger partial charge is 0.261 e. The van der Waals surface area contributed by atoms with Gasteiger partial charge in [-0.05, 0) is 79.7 Å². The minimum atomic E-state index is -3.89. The van der Waals surface area contributed by atoms with E-state index in [9.17, 15) is 21.6 Å². The summed E-state index contributed by atoms with van der Waals surface area (Å²) in [6.45, 7) is 5.21. The molecule has 0 radical (unpaired) electrons. The van der Waals surface area contributed by atoms with E-state index in [4.69, 9.17) is 0 Å². The molecule has 1 amide bonds. The predicted octanol–water partition coefficient (Wildman–Crippen LogP) is 5.05. The summed E-state index contributed by atoms with van der Waals surface area (Å²) < 4.78 is 55.0. The molecule has 4 rings (SSSR count). The molecule has 4 aromatic carbocycles. The minimum Gasteiger partial charge on any atom is -0.324 e. The summed E-state index contributed by atoms with van der Waals surface area (Å²) in [7, 11) is -7.67. The zero-order valence-corrected chi connectivity index (χ0v) is 23.1. The van der Waals surface area contributed by atoms with E-state index in [1.54, 1.807) is 24.3 Å². The van der Waals surface area contributed by atoms with Crippen LogP contribution in [0.4, 0.5) is 17.1 Å². The Morgan fingerprint density at radius 2 is 1.42 bits per heavy atom. The Kier molecular flexibility index (Phi) is 7.48. The van der Waals surface area contributed by atoms with Gasteiger partial charge in [0.2, 0.25) is 15.9 Å². The number of rotatable bonds is 8. The second-order valence-electron chi connectivity index (χ2n) is 9.23. The molecule has 0 aliphatic heterocycles. The van der Waals surface area contributed by atoms with Crippen LogP contribution in [0.1, 0.15) is 18.1 Å². The zero-order valence-electron chi connectivity index (χ0n) is 21.5. The van der Waals surface area contributed by atoms with Gasteiger partial charge in [-0.1, -0.05) is 42.5 Å². The van der Waals surface area contributed by atoms with Crippen LogP contribution in [0.2, 0.25) is 0 Å². The lowest BCUT2D eigenvalue weighted by atomic mass is 10.1. The van der Waals surface area contributed by atoms with Gasteiger partial charge in [0, 0.05) is 11.1 Å². The van der Waals surface area contributed by atoms with Gasteiger partial charge in [-0.2, -0.15) is 0 Å². The molecular weight excluding hydrogens is 522 g/mol. The quantitative estimate of drug-likeness (QED) is 0.318. The number of sulfonamides is 2. The van der Waals surface area contributed by atoms with Crippen LogP contribution in [0.15, 0.2) is 89.8 Å². The molecule has 198 valence electrons. The van der Waals surface area contributed by atoms with Gasteiger partial charge in [0.1, 0.15) is 6.04 Å². The highest BCUT2D eigenvalue weighted by Crippen LogP contribution is 2.27. The summed E-state index contributed by atoms with van der Waals surface area (Å²) in [6.07, 6.45) is 1.05. The first-order valence-electron chi connectivity index (χ1n) is 11.8. The van der Waals surface area contributed by atoms with Gasteiger partial charge >= 0.3 is 0 Å². The van der Waals surface area contributed by atoms with Gasteiger partial charge in [0.15, 0.2) is 0 Å². The van der Waals surface area contributed by atoms with Crippen molar-refractivity contribution in [2.75, 3.05) is 20.6 Å². The van der Waals surface area contributed by atoms with Gasteiger partial charge in [0.25, 0.3) is 10.0 Å². The third-order valence-corrected chi connectivity index (χ3v) is 8.64. The molecule has 0 saturated carbocycles. The number of hydrogen-bond acceptors (Lipinski definition) is 5. The number of hydrogen-bond donors (Lipinski definition) is 2. The topological polar surface area (TPSA) is 113 Å². The molecule has 0 unspecified atom stereocenters. The van der Waals surface area contributed by atoms with Crippen LogP contribution in [0.5, 0.6) is 0 Å². The van der Waals surface area contributed by atoms with Crippen molar-refractivity contribution in [1.82, 2.24) is 0 Å². The van der Waals surface area contributed by atoms with E-state index in [0.717, 1.165) is 32.5 Å². The number of amides is 1. The highest BCUT2D eigenvalue weighted by atomic mass is 32.2. The lowest BCUT2D eigenvalue weighted by Crippen LogP contribution is -2.45. The van der Waals surface area contributed by atoms with E-state index < -0.39 is 32.0 Å². The molecule has 0 aliphatic carbocycles. The molecule has 38 heavy (non-hydrogen) atoms. The number of anilines is 3. The molecule has 0 heterocycles. The second-order valence-corrected chi connectivity index (χ2v) is 12.8. The molecule has 10 heteroatoms. The van der Waals surface area contributed by atoms with Crippen LogP contribution < -0.4 is 14.3 Å². The number of benzene rings is 4. The fourth-order valence-corrected chi connectivity index (χ4v) is 6.61. The summed E-state index contributed by atoms with van der Waals surface area (Å²) in [5.41, 5.74) is 2.93. The molecule has 0 saturated heterocycles. The zero-order chi connectivity index (χ0) is 27.7. The molecule has 2 N–H and O–H groups in total. The van der Waals surface area contributed by atoms with E-state index in [2.05, 4.69) is 10.0 Å². The number of carbonyl (C=O) groups is 1. The third-order valence-electron chi connectivity index (χ3n) is 6.02. The van der Waals surface area contributed by atoms with Gasteiger partial charge in [-0.3, -0.25) is 13.8 Å². The highest BCUT2D eigenvalue weighted by molar-refractivity contribution is 7.92. The average molecular weight is 552 g/mol. The lowest BCUT2D eigenvalue weighted by molar-refractivity contribution is -0.116. The molecule has 1 atom stereocenters. The van der Waals surface area contributed by atoms with E-state index in [1.165, 1.54) is 31.2 Å². The van der Waals surface area contributed by atoms with Gasteiger partial charge < -0.3 is 5.32 Å². The molecule has 0 bridgehead atoms. The number of aryl methyl sites for hydroxylation is 2. The Labute approximate surface area is 223 Å². The molecular formula is C28H29N3O5S2. The maximum absolute atomic E-state index is 13.0. The Hall–Kier alpha value is -3.89. The Morgan fingerprint density at radius 3 is 2.05 bits per heavy atom. The van der Waals surface area contributed by atoms with E-state index in [1.807, 2.05) is 50.2 Å². The normalized spacial score (nSPS) is 12.6. The highest BCUT2D eigenvalue weighted by Gasteiger charge is 2.29. The van der Waals surface area contributed by atoms with Crippen LogP contribution in [-0.4, -0.2) is 35.0 Å². The first-order valence-corrected chi connectivity index (χ1v) is 15.2. The number of nitrogens with zero attached hydrogens (tertiary/aromatic N) is 1. The molecule has 0 spiro atoms. The van der Waals surface area contributed by atoms with Crippen molar-refractivity contribution in [3.05, 3.63) is 96.1 Å². The second kappa shape index (κ2) is 10.5. The SMILES string of the molecule is Cc1cc(C)cc(N([C@@H](C)C(=O)Nc2ccc(S(=O)(=O)Nc3cccc4ccccc34)cc2)S(C)(=O)=O)c1. The maximum atomic E-state index is 13.0. The van der Waals surface area contributed by atoms with Crippen LogP contribution in [0.3, 0.4) is 0 Å². The Morgan fingerprint density at radius 1 is 0.816 bits per heavy atom. The minimum absolute atomic E-state index is 0.0180. The summed E-state index contributed by atoms with van der Waals surface area (Å²) in [6, 6.07) is 22.8. The Balaban J connectivity index is 1.53. The van der Waals surface area contributed by atoms with Crippen molar-refractivity contribution in [3.63, 3.8) is 0 Å². The van der Waals surface area contributed by atoms with Crippen LogP contribution in [-0.2, 0) is 24.8 Å². The fourth-order valence-electron chi connectivity index (χ4n) is 4.37. The largest absolute Gasteiger partial charge is 0.324 e. The summed E-state index contributed by atoms with van der Waals surface area (Å²) in [5.74, 6) is -0.556. The van der Waals surface area contributed by atoms with Crippen LogP contribution in [0.25, 0.3) is 10.8 Å². The predicted molar refractivity (Wildman–Crippen MR) is 153 cm³/mol. The average Bonchev–Trinajstić information content (AvgIpc) is 2.83. The standard InChI is InChI=1S/C28H29N3O5S2/c1-19-16-20(2)18-24(17-19)31(37(4,33)34)21(3)28(32)29-23-12-14-25(15-13-23)38(35,36)30-27-11-7-9-22-8-5-6-10-26(22)27/h5-18,21,30H,1-4H3,(H,29,32)/t21-/m0/s1. The van der Waals surface area contributed by atoms with E-state index >= 15 is 0 Å². The van der Waals surface area contributed by atoms with E-state index in [-0.39, 0.29) is 4.90 Å². The van der Waals surface area contributed by atoms with Crippen molar-refractivity contribution in [3.8, 4) is 0 Å². The van der Waals surface area contributed by atoms with Crippen LogP contribution >= 0.6 is 0 Å². The number of carbonyl (C=O) groups excluding carboxylic acids is 1. The van der Waals surface area contributed by atoms with Crippen molar-refractivity contribution >= 4 is 53.8 Å². The van der Waals surface area contributed by atoms with E-state index in [0.29, 0.717) is 17.1 Å². The monoisotopic (exact) mass is 551 g/mol. The third kappa shape index (κ3) is 5.98. The van der Waals surface area contributed by atoms with Crippen LogP contribution in [0, 0.1) is 13.8 Å². The van der Waals surface area contributed by atoms with Crippen molar-refractivity contribution in [2.45, 2.75) is 31.7 Å². The van der Waals surface area contributed by atoms with Gasteiger partial charge in [0.05, 0.1) is 22.5 Å². The maximum Gasteiger partial charge on any atom is 0.261 e. The van der Waals surface area contributed by atoms with Crippen molar-refractivity contribution < 1.29 is 21.6 Å². The van der Waals surface area contributed by atoms with Crippen molar-refractivity contribution in [1.29, 1.82) is 0 Å². The summed E-state index contributed by atoms with van der Waals surface area (Å²) in [4.78, 5) is 13.1. The number of nitrogens with one attached hydrogen (secondary N) is 2. The molecule has 0 aliphatic rings. The first kappa shape index (κ1) is 27.2. The van der Waals surface area contributed by atoms with Crippen molar-refractivity contribution in [2.24, 2.45) is 0 Å². The lowest BCUT2D eigenvalue weighted by Gasteiger charge is -2.28.